The molecule has 11 heteroatoms. The van der Waals surface area contributed by atoms with E-state index in [4.69, 9.17) is 23.2 Å². The highest BCUT2D eigenvalue weighted by Crippen LogP contribution is 2.32. The summed E-state index contributed by atoms with van der Waals surface area (Å²) in [6.45, 7) is 5.10. The minimum absolute atomic E-state index is 0.00353. The molecule has 6 nitrogen and oxygen atoms in total. The Balaban J connectivity index is 2.14. The summed E-state index contributed by atoms with van der Waals surface area (Å²) < 4.78 is 54.2. The fourth-order valence-electron chi connectivity index (χ4n) is 3.54. The first-order valence-corrected chi connectivity index (χ1v) is 12.7. The van der Waals surface area contributed by atoms with Crippen LogP contribution in [-0.4, -0.2) is 73.5 Å². The highest BCUT2D eigenvalue weighted by molar-refractivity contribution is 7.89. The molecule has 2 unspecified atom stereocenters. The predicted molar refractivity (Wildman–Crippen MR) is 124 cm³/mol. The molecule has 0 aromatic heterocycles. The maximum absolute atomic E-state index is 13.3. The summed E-state index contributed by atoms with van der Waals surface area (Å²) in [6.07, 6.45) is 0.506. The lowest BCUT2D eigenvalue weighted by atomic mass is 9.92. The topological polar surface area (TPSA) is 73.2 Å². The summed E-state index contributed by atoms with van der Waals surface area (Å²) in [5.41, 5.74) is -2.31. The third kappa shape index (κ3) is 6.27. The quantitative estimate of drug-likeness (QED) is 0.401. The van der Waals surface area contributed by atoms with E-state index < -0.39 is 22.0 Å². The van der Waals surface area contributed by atoms with Crippen molar-refractivity contribution in [2.24, 2.45) is 4.99 Å². The molecule has 1 fully saturated rings. The molecular weight excluding hydrogens is 483 g/mol. The van der Waals surface area contributed by atoms with E-state index in [9.17, 15) is 22.3 Å². The molecule has 1 N–H and O–H groups in total. The SMILES string of the molecule is CCC(O)(c1ccc(S(=O)(=O)N2CCCN(C(C)/C(Cl)=C\N=CCCl)CC2)cc1)C(F)F. The molecule has 1 heterocycles. The average molecular weight is 512 g/mol. The number of rotatable bonds is 9. The van der Waals surface area contributed by atoms with Crippen molar-refractivity contribution in [3.8, 4) is 0 Å². The number of halogens is 4. The van der Waals surface area contributed by atoms with Crippen molar-refractivity contribution >= 4 is 39.4 Å². The van der Waals surface area contributed by atoms with Crippen molar-refractivity contribution in [2.75, 3.05) is 32.1 Å². The number of nitrogens with zero attached hydrogens (tertiary/aromatic N) is 3. The second kappa shape index (κ2) is 11.9. The zero-order valence-corrected chi connectivity index (χ0v) is 20.4. The normalized spacial score (nSPS) is 20.4. The van der Waals surface area contributed by atoms with E-state index in [1.807, 2.05) is 6.92 Å². The van der Waals surface area contributed by atoms with Gasteiger partial charge in [-0.3, -0.25) is 9.89 Å². The molecule has 2 rings (SSSR count). The Bertz CT molecular complexity index is 913. The highest BCUT2D eigenvalue weighted by Gasteiger charge is 2.38. The number of aliphatic imine (C=N–C) groups is 1. The summed E-state index contributed by atoms with van der Waals surface area (Å²) in [4.78, 5) is 6.10. The van der Waals surface area contributed by atoms with Gasteiger partial charge in [0.15, 0.2) is 0 Å². The van der Waals surface area contributed by atoms with Crippen LogP contribution in [0.15, 0.2) is 45.4 Å². The molecule has 0 radical (unpaired) electrons. The largest absolute Gasteiger partial charge is 0.379 e. The lowest BCUT2D eigenvalue weighted by molar-refractivity contribution is -0.104. The maximum Gasteiger partial charge on any atom is 0.270 e. The number of aliphatic hydroxyl groups is 1. The summed E-state index contributed by atoms with van der Waals surface area (Å²) >= 11 is 11.9. The van der Waals surface area contributed by atoms with Gasteiger partial charge in [0.1, 0.15) is 5.60 Å². The molecule has 0 amide bonds. The molecule has 1 saturated heterocycles. The van der Waals surface area contributed by atoms with Gasteiger partial charge in [-0.25, -0.2) is 17.2 Å². The van der Waals surface area contributed by atoms with E-state index >= 15 is 0 Å². The summed E-state index contributed by atoms with van der Waals surface area (Å²) in [5, 5.41) is 10.7. The monoisotopic (exact) mass is 511 g/mol. The first kappa shape index (κ1) is 27.1. The van der Waals surface area contributed by atoms with Gasteiger partial charge in [0.05, 0.1) is 15.8 Å². The van der Waals surface area contributed by atoms with Crippen LogP contribution in [0.5, 0.6) is 0 Å². The van der Waals surface area contributed by atoms with E-state index in [-0.39, 0.29) is 35.3 Å². The maximum atomic E-state index is 13.3. The zero-order valence-electron chi connectivity index (χ0n) is 18.1. The Morgan fingerprint density at radius 2 is 1.91 bits per heavy atom. The minimum atomic E-state index is -3.81. The predicted octanol–water partition coefficient (Wildman–Crippen LogP) is 4.02. The van der Waals surface area contributed by atoms with Crippen LogP contribution >= 0.6 is 23.2 Å². The Morgan fingerprint density at radius 1 is 1.25 bits per heavy atom. The molecule has 1 aliphatic rings. The van der Waals surface area contributed by atoms with Crippen LogP contribution in [0.25, 0.3) is 0 Å². The number of benzene rings is 1. The molecular formula is C21H29Cl2F2N3O3S. The van der Waals surface area contributed by atoms with Crippen molar-refractivity contribution in [2.45, 2.75) is 49.7 Å². The molecule has 0 saturated carbocycles. The summed E-state index contributed by atoms with van der Waals surface area (Å²) in [5.74, 6) is 0.284. The van der Waals surface area contributed by atoms with Gasteiger partial charge in [-0.05, 0) is 37.5 Å². The van der Waals surface area contributed by atoms with Gasteiger partial charge in [-0.1, -0.05) is 30.7 Å². The zero-order chi connectivity index (χ0) is 23.9. The Hall–Kier alpha value is -1.10. The third-order valence-electron chi connectivity index (χ3n) is 5.70. The van der Waals surface area contributed by atoms with Gasteiger partial charge in [-0.2, -0.15) is 4.31 Å². The van der Waals surface area contributed by atoms with Crippen LogP contribution in [-0.2, 0) is 15.6 Å². The smallest absolute Gasteiger partial charge is 0.270 e. The fourth-order valence-corrected chi connectivity index (χ4v) is 5.28. The Kier molecular flexibility index (Phi) is 10.1. The molecule has 0 bridgehead atoms. The van der Waals surface area contributed by atoms with E-state index in [1.54, 1.807) is 0 Å². The van der Waals surface area contributed by atoms with Gasteiger partial charge < -0.3 is 5.11 Å². The molecule has 0 spiro atoms. The van der Waals surface area contributed by atoms with Crippen molar-refractivity contribution < 1.29 is 22.3 Å². The number of hydrogen-bond donors (Lipinski definition) is 1. The lowest BCUT2D eigenvalue weighted by Gasteiger charge is -2.27. The molecule has 0 aliphatic carbocycles. The molecule has 32 heavy (non-hydrogen) atoms. The average Bonchev–Trinajstić information content (AvgIpc) is 3.05. The molecule has 1 aliphatic heterocycles. The van der Waals surface area contributed by atoms with Gasteiger partial charge in [0.2, 0.25) is 10.0 Å². The van der Waals surface area contributed by atoms with E-state index in [1.165, 1.54) is 47.9 Å². The molecule has 180 valence electrons. The fraction of sp³-hybridized carbons (Fsp3) is 0.571. The third-order valence-corrected chi connectivity index (χ3v) is 8.16. The molecule has 2 atom stereocenters. The van der Waals surface area contributed by atoms with E-state index in [0.717, 1.165) is 0 Å². The van der Waals surface area contributed by atoms with Crippen LogP contribution in [0.3, 0.4) is 0 Å². The van der Waals surface area contributed by atoms with Crippen LogP contribution < -0.4 is 0 Å². The van der Waals surface area contributed by atoms with E-state index in [0.29, 0.717) is 31.1 Å². The van der Waals surface area contributed by atoms with Crippen LogP contribution in [0.4, 0.5) is 8.78 Å². The second-order valence-electron chi connectivity index (χ2n) is 7.57. The molecule has 1 aromatic rings. The van der Waals surface area contributed by atoms with Crippen LogP contribution in [0.1, 0.15) is 32.3 Å². The van der Waals surface area contributed by atoms with Crippen molar-refractivity contribution in [1.29, 1.82) is 0 Å². The Morgan fingerprint density at radius 3 is 2.47 bits per heavy atom. The number of sulfonamides is 1. The first-order valence-electron chi connectivity index (χ1n) is 10.4. The van der Waals surface area contributed by atoms with Crippen LogP contribution in [0.2, 0.25) is 0 Å². The van der Waals surface area contributed by atoms with Gasteiger partial charge >= 0.3 is 0 Å². The minimum Gasteiger partial charge on any atom is -0.379 e. The second-order valence-corrected chi connectivity index (χ2v) is 10.3. The van der Waals surface area contributed by atoms with Crippen LogP contribution in [0, 0.1) is 0 Å². The van der Waals surface area contributed by atoms with Crippen molar-refractivity contribution in [3.05, 3.63) is 41.1 Å². The first-order chi connectivity index (χ1) is 15.1. The Labute approximate surface area is 198 Å². The number of alkyl halides is 3. The molecule has 1 aromatic carbocycles. The van der Waals surface area contributed by atoms with Gasteiger partial charge in [0, 0.05) is 44.6 Å². The summed E-state index contributed by atoms with van der Waals surface area (Å²) in [7, 11) is -3.81. The van der Waals surface area contributed by atoms with Crippen molar-refractivity contribution in [1.82, 2.24) is 9.21 Å². The van der Waals surface area contributed by atoms with Gasteiger partial charge in [-0.15, -0.1) is 11.6 Å². The van der Waals surface area contributed by atoms with Gasteiger partial charge in [0.25, 0.3) is 6.43 Å². The highest BCUT2D eigenvalue weighted by atomic mass is 35.5. The lowest BCUT2D eigenvalue weighted by Crippen LogP contribution is -2.38. The summed E-state index contributed by atoms with van der Waals surface area (Å²) in [6, 6.07) is 4.91. The van der Waals surface area contributed by atoms with Crippen molar-refractivity contribution in [3.63, 3.8) is 0 Å². The van der Waals surface area contributed by atoms with E-state index in [2.05, 4.69) is 9.89 Å². The standard InChI is InChI=1S/C21H29Cl2F2N3O3S/c1-3-21(29,20(24)25)17-5-7-18(8-6-17)32(30,31)28-12-4-11-27(13-14-28)16(2)19(23)15-26-10-9-22/h5-8,10,15-16,20,29H,3-4,9,11-14H2,1-2H3/b19-15+,26-10?. The number of hydrogen-bond acceptors (Lipinski definition) is 5.